The number of phenolic OH excluding ortho intramolecular Hbond substituents is 2. The van der Waals surface area contributed by atoms with Gasteiger partial charge < -0.3 is 39.8 Å². The summed E-state index contributed by atoms with van der Waals surface area (Å²) in [6.07, 6.45) is 1.09. The predicted molar refractivity (Wildman–Crippen MR) is 123 cm³/mol. The molecule has 8 nitrogen and oxygen atoms in total. The minimum absolute atomic E-state index is 0.219. The molecule has 2 aliphatic rings. The Balaban J connectivity index is 1.91. The van der Waals surface area contributed by atoms with E-state index in [9.17, 15) is 10.2 Å². The van der Waals surface area contributed by atoms with Crippen molar-refractivity contribution in [3.8, 4) is 34.5 Å². The van der Waals surface area contributed by atoms with E-state index in [-0.39, 0.29) is 28.7 Å². The zero-order chi connectivity index (χ0) is 23.3. The van der Waals surface area contributed by atoms with E-state index in [4.69, 9.17) is 31.2 Å². The number of rotatable bonds is 4. The number of phenols is 2. The van der Waals surface area contributed by atoms with Crippen LogP contribution in [0.15, 0.2) is 24.3 Å². The van der Waals surface area contributed by atoms with E-state index in [0.717, 1.165) is 11.1 Å². The van der Waals surface area contributed by atoms with Crippen LogP contribution < -0.4 is 29.6 Å². The van der Waals surface area contributed by atoms with Gasteiger partial charge in [-0.1, -0.05) is 6.07 Å². The lowest BCUT2D eigenvalue weighted by molar-refractivity contribution is -0.0150. The largest absolute Gasteiger partial charge is 0.504 e. The Morgan fingerprint density at radius 1 is 1.03 bits per heavy atom. The van der Waals surface area contributed by atoms with E-state index in [0.29, 0.717) is 35.2 Å². The van der Waals surface area contributed by atoms with Gasteiger partial charge in [0.2, 0.25) is 11.5 Å². The van der Waals surface area contributed by atoms with E-state index >= 15 is 0 Å². The molecule has 4 N–H and O–H groups in total. The number of hydrogen-bond acceptors (Lipinski definition) is 7. The van der Waals surface area contributed by atoms with Crippen LogP contribution in [-0.4, -0.2) is 47.9 Å². The molecular formula is C23H28N2O6S. The number of fused-ring (bicyclic) bond motifs is 1. The molecule has 0 unspecified atom stereocenters. The van der Waals surface area contributed by atoms with Crippen molar-refractivity contribution in [1.82, 2.24) is 10.6 Å². The highest BCUT2D eigenvalue weighted by Gasteiger charge is 2.49. The molecule has 0 saturated carbocycles. The monoisotopic (exact) mass is 460 g/mol. The summed E-state index contributed by atoms with van der Waals surface area (Å²) in [5.74, 6) is 1.01. The second kappa shape index (κ2) is 7.81. The van der Waals surface area contributed by atoms with Crippen LogP contribution in [0.5, 0.6) is 34.5 Å². The molecule has 2 atom stereocenters. The molecule has 0 radical (unpaired) electrons. The topological polar surface area (TPSA) is 101 Å². The lowest BCUT2D eigenvalue weighted by Crippen LogP contribution is -2.69. The average Bonchev–Trinajstić information content (AvgIpc) is 2.73. The van der Waals surface area contributed by atoms with E-state index in [1.54, 1.807) is 27.4 Å². The van der Waals surface area contributed by atoms with Gasteiger partial charge >= 0.3 is 0 Å². The molecule has 0 aromatic heterocycles. The molecule has 0 amide bonds. The van der Waals surface area contributed by atoms with Crippen molar-refractivity contribution in [2.24, 2.45) is 0 Å². The van der Waals surface area contributed by atoms with Crippen LogP contribution in [0.3, 0.4) is 0 Å². The first-order chi connectivity index (χ1) is 15.1. The second-order valence-corrected chi connectivity index (χ2v) is 9.21. The second-order valence-electron chi connectivity index (χ2n) is 8.80. The number of methoxy groups -OCH3 is 3. The first kappa shape index (κ1) is 22.1. The third-order valence-corrected chi connectivity index (χ3v) is 6.16. The smallest absolute Gasteiger partial charge is 0.203 e. The molecule has 0 aliphatic carbocycles. The van der Waals surface area contributed by atoms with Crippen LogP contribution >= 0.6 is 12.2 Å². The van der Waals surface area contributed by atoms with Crippen molar-refractivity contribution in [2.45, 2.75) is 43.9 Å². The molecule has 9 heteroatoms. The van der Waals surface area contributed by atoms with E-state index in [1.165, 1.54) is 6.07 Å². The van der Waals surface area contributed by atoms with Gasteiger partial charge in [-0.05, 0) is 49.8 Å². The van der Waals surface area contributed by atoms with Crippen LogP contribution in [-0.2, 0) is 0 Å². The minimum Gasteiger partial charge on any atom is -0.504 e. The molecule has 1 fully saturated rings. The van der Waals surface area contributed by atoms with E-state index < -0.39 is 5.72 Å². The fraction of sp³-hybridized carbons (Fsp3) is 0.435. The molecular weight excluding hydrogens is 432 g/mol. The van der Waals surface area contributed by atoms with Gasteiger partial charge in [0.15, 0.2) is 33.8 Å². The third kappa shape index (κ3) is 3.70. The summed E-state index contributed by atoms with van der Waals surface area (Å²) in [7, 11) is 4.70. The Kier molecular flexibility index (Phi) is 5.40. The fourth-order valence-electron chi connectivity index (χ4n) is 4.77. The summed E-state index contributed by atoms with van der Waals surface area (Å²) < 4.78 is 22.9. The van der Waals surface area contributed by atoms with Crippen molar-refractivity contribution in [3.63, 3.8) is 0 Å². The van der Waals surface area contributed by atoms with Gasteiger partial charge in [0.1, 0.15) is 0 Å². The van der Waals surface area contributed by atoms with Crippen molar-refractivity contribution >= 4 is 17.3 Å². The number of ether oxygens (including phenoxy) is 4. The summed E-state index contributed by atoms with van der Waals surface area (Å²) in [4.78, 5) is 0. The zero-order valence-electron chi connectivity index (χ0n) is 18.7. The van der Waals surface area contributed by atoms with Gasteiger partial charge in [-0.15, -0.1) is 0 Å². The lowest BCUT2D eigenvalue weighted by atomic mass is 9.77. The van der Waals surface area contributed by atoms with Crippen molar-refractivity contribution < 1.29 is 29.2 Å². The van der Waals surface area contributed by atoms with Gasteiger partial charge in [-0.3, -0.25) is 0 Å². The van der Waals surface area contributed by atoms with Gasteiger partial charge in [0.05, 0.1) is 21.3 Å². The molecule has 32 heavy (non-hydrogen) atoms. The minimum atomic E-state index is -0.894. The van der Waals surface area contributed by atoms with E-state index in [2.05, 4.69) is 10.6 Å². The molecule has 2 aliphatic heterocycles. The van der Waals surface area contributed by atoms with Gasteiger partial charge in [-0.2, -0.15) is 0 Å². The van der Waals surface area contributed by atoms with Crippen LogP contribution in [0.1, 0.15) is 43.7 Å². The average molecular weight is 461 g/mol. The maximum atomic E-state index is 10.7. The molecule has 172 valence electrons. The van der Waals surface area contributed by atoms with Crippen molar-refractivity contribution in [2.75, 3.05) is 21.3 Å². The molecule has 2 heterocycles. The molecule has 0 bridgehead atoms. The highest BCUT2D eigenvalue weighted by molar-refractivity contribution is 7.80. The Bertz CT molecular complexity index is 1050. The fourth-order valence-corrected chi connectivity index (χ4v) is 5.23. The summed E-state index contributed by atoms with van der Waals surface area (Å²) in [5, 5.41) is 27.8. The molecule has 2 aromatic rings. The van der Waals surface area contributed by atoms with E-state index in [1.807, 2.05) is 26.0 Å². The predicted octanol–water partition coefficient (Wildman–Crippen LogP) is 3.38. The van der Waals surface area contributed by atoms with Crippen LogP contribution in [0.4, 0.5) is 0 Å². The Morgan fingerprint density at radius 3 is 2.25 bits per heavy atom. The summed E-state index contributed by atoms with van der Waals surface area (Å²) >= 11 is 5.46. The first-order valence-corrected chi connectivity index (χ1v) is 10.7. The van der Waals surface area contributed by atoms with Crippen molar-refractivity contribution in [3.05, 3.63) is 35.4 Å². The van der Waals surface area contributed by atoms with Gasteiger partial charge in [0, 0.05) is 29.9 Å². The van der Waals surface area contributed by atoms with Crippen LogP contribution in [0.25, 0.3) is 0 Å². The number of thiocarbonyl (C=S) groups is 1. The Morgan fingerprint density at radius 2 is 1.69 bits per heavy atom. The quantitative estimate of drug-likeness (QED) is 0.404. The maximum Gasteiger partial charge on any atom is 0.203 e. The molecule has 2 aromatic carbocycles. The first-order valence-electron chi connectivity index (χ1n) is 10.3. The van der Waals surface area contributed by atoms with Crippen LogP contribution in [0.2, 0.25) is 0 Å². The molecule has 1 spiro atoms. The maximum absolute atomic E-state index is 10.7. The van der Waals surface area contributed by atoms with Gasteiger partial charge in [0.25, 0.3) is 0 Å². The lowest BCUT2D eigenvalue weighted by Gasteiger charge is -2.50. The molecule has 1 saturated heterocycles. The van der Waals surface area contributed by atoms with Crippen molar-refractivity contribution in [1.29, 1.82) is 0 Å². The summed E-state index contributed by atoms with van der Waals surface area (Å²) in [6.45, 7) is 4.08. The Labute approximate surface area is 192 Å². The normalized spacial score (nSPS) is 23.4. The Hall–Kier alpha value is -3.07. The number of nitrogens with one attached hydrogen (secondary N) is 2. The third-order valence-electron chi connectivity index (χ3n) is 5.96. The molecule has 4 rings (SSSR count). The standard InChI is InChI=1S/C23H28N2O6S/c1-22(2)11-23(25-21(32)24-22)10-14(13-6-7-15(26)18(27)19(13)31-23)12-8-16(28-3)20(30-5)17(9-12)29-4/h6-9,14,26-27H,10-11H2,1-5H3,(H2,24,25,32)/t14-,23-/m0/s1. The van der Waals surface area contributed by atoms with Gasteiger partial charge in [-0.25, -0.2) is 0 Å². The highest BCUT2D eigenvalue weighted by Crippen LogP contribution is 2.53. The SMILES string of the molecule is COc1cc([C@@H]2C[C@@]3(CC(C)(C)NC(=S)N3)Oc3c2ccc(O)c3O)cc(OC)c1OC. The number of aromatic hydroxyl groups is 2. The number of hydrogen-bond donors (Lipinski definition) is 4. The summed E-state index contributed by atoms with van der Waals surface area (Å²) in [5.41, 5.74) is 0.392. The van der Waals surface area contributed by atoms with Crippen LogP contribution in [0, 0.1) is 0 Å². The number of benzene rings is 2. The summed E-state index contributed by atoms with van der Waals surface area (Å²) in [6, 6.07) is 7.01. The highest BCUT2D eigenvalue weighted by atomic mass is 32.1. The zero-order valence-corrected chi connectivity index (χ0v) is 19.6.